The Hall–Kier alpha value is -1.75. The lowest BCUT2D eigenvalue weighted by molar-refractivity contribution is 0.0951. The molecule has 0 atom stereocenters. The molecule has 1 amide bonds. The van der Waals surface area contributed by atoms with E-state index in [1.54, 1.807) is 25.3 Å². The van der Waals surface area contributed by atoms with Crippen LogP contribution >= 0.6 is 11.3 Å². The van der Waals surface area contributed by atoms with Crippen molar-refractivity contribution in [3.63, 3.8) is 0 Å². The fourth-order valence-electron chi connectivity index (χ4n) is 1.49. The van der Waals surface area contributed by atoms with Crippen molar-refractivity contribution in [2.75, 3.05) is 0 Å². The molecule has 1 aromatic carbocycles. The average molecular weight is 264 g/mol. The average Bonchev–Trinajstić information content (AvgIpc) is 2.75. The minimum atomic E-state index is -0.365. The fourth-order valence-corrected chi connectivity index (χ4v) is 2.23. The first-order chi connectivity index (χ1) is 8.56. The van der Waals surface area contributed by atoms with Crippen LogP contribution in [0.1, 0.15) is 25.8 Å². The molecule has 94 valence electrons. The summed E-state index contributed by atoms with van der Waals surface area (Å²) in [7, 11) is 0. The molecule has 2 aromatic rings. The SMILES string of the molecule is Cc1ncc(CNC(=O)c2ccc(C)c(F)c2)s1. The molecule has 0 radical (unpaired) electrons. The van der Waals surface area contributed by atoms with Gasteiger partial charge in [0.05, 0.1) is 11.6 Å². The maximum absolute atomic E-state index is 13.3. The second kappa shape index (κ2) is 5.27. The number of halogens is 1. The third-order valence-corrected chi connectivity index (χ3v) is 3.44. The van der Waals surface area contributed by atoms with E-state index in [9.17, 15) is 9.18 Å². The normalized spacial score (nSPS) is 10.4. The second-order valence-corrected chi connectivity index (χ2v) is 5.31. The van der Waals surface area contributed by atoms with Gasteiger partial charge in [-0.15, -0.1) is 11.3 Å². The first kappa shape index (κ1) is 12.7. The van der Waals surface area contributed by atoms with Crippen molar-refractivity contribution in [3.05, 3.63) is 51.2 Å². The molecule has 1 heterocycles. The summed E-state index contributed by atoms with van der Waals surface area (Å²) in [5.74, 6) is -0.642. The summed E-state index contributed by atoms with van der Waals surface area (Å²) >= 11 is 1.53. The summed E-state index contributed by atoms with van der Waals surface area (Å²) in [6, 6.07) is 4.47. The van der Waals surface area contributed by atoms with Crippen molar-refractivity contribution >= 4 is 17.2 Å². The zero-order valence-corrected chi connectivity index (χ0v) is 11.0. The van der Waals surface area contributed by atoms with E-state index in [4.69, 9.17) is 0 Å². The minimum Gasteiger partial charge on any atom is -0.347 e. The molecular formula is C13H13FN2OS. The molecule has 0 bridgehead atoms. The van der Waals surface area contributed by atoms with Gasteiger partial charge in [-0.25, -0.2) is 9.37 Å². The number of nitrogens with zero attached hydrogens (tertiary/aromatic N) is 1. The summed E-state index contributed by atoms with van der Waals surface area (Å²) in [5, 5.41) is 3.70. The quantitative estimate of drug-likeness (QED) is 0.926. The summed E-state index contributed by atoms with van der Waals surface area (Å²) in [5.41, 5.74) is 0.865. The molecule has 0 unspecified atom stereocenters. The number of aryl methyl sites for hydroxylation is 2. The van der Waals surface area contributed by atoms with E-state index in [-0.39, 0.29) is 11.7 Å². The van der Waals surface area contributed by atoms with Crippen LogP contribution < -0.4 is 5.32 Å². The van der Waals surface area contributed by atoms with Crippen LogP contribution in [-0.4, -0.2) is 10.9 Å². The van der Waals surface area contributed by atoms with Gasteiger partial charge in [0.2, 0.25) is 0 Å². The first-order valence-corrected chi connectivity index (χ1v) is 6.33. The van der Waals surface area contributed by atoms with E-state index < -0.39 is 0 Å². The van der Waals surface area contributed by atoms with Gasteiger partial charge in [0.25, 0.3) is 5.91 Å². The van der Waals surface area contributed by atoms with Gasteiger partial charge in [-0.2, -0.15) is 0 Å². The maximum Gasteiger partial charge on any atom is 0.251 e. The highest BCUT2D eigenvalue weighted by atomic mass is 32.1. The molecule has 0 aliphatic carbocycles. The number of amides is 1. The topological polar surface area (TPSA) is 42.0 Å². The fraction of sp³-hybridized carbons (Fsp3) is 0.231. The molecule has 0 aliphatic heterocycles. The number of nitrogens with one attached hydrogen (secondary N) is 1. The third kappa shape index (κ3) is 2.92. The number of aromatic nitrogens is 1. The van der Waals surface area contributed by atoms with E-state index in [1.165, 1.54) is 17.4 Å². The van der Waals surface area contributed by atoms with Crippen molar-refractivity contribution in [2.24, 2.45) is 0 Å². The molecule has 0 spiro atoms. The Morgan fingerprint density at radius 3 is 2.83 bits per heavy atom. The Morgan fingerprint density at radius 1 is 1.44 bits per heavy atom. The highest BCUT2D eigenvalue weighted by molar-refractivity contribution is 7.11. The Kier molecular flexibility index (Phi) is 3.72. The predicted octanol–water partition coefficient (Wildman–Crippen LogP) is 2.83. The highest BCUT2D eigenvalue weighted by Crippen LogP contribution is 2.12. The number of carbonyl (C=O) groups excluding carboxylic acids is 1. The van der Waals surface area contributed by atoms with Crippen molar-refractivity contribution in [1.29, 1.82) is 0 Å². The summed E-state index contributed by atoms with van der Waals surface area (Å²) < 4.78 is 13.3. The number of hydrogen-bond acceptors (Lipinski definition) is 3. The number of benzene rings is 1. The predicted molar refractivity (Wildman–Crippen MR) is 69.2 cm³/mol. The van der Waals surface area contributed by atoms with Crippen molar-refractivity contribution in [1.82, 2.24) is 10.3 Å². The smallest absolute Gasteiger partial charge is 0.251 e. The molecule has 3 nitrogen and oxygen atoms in total. The summed E-state index contributed by atoms with van der Waals surface area (Å²) in [6.07, 6.45) is 1.73. The van der Waals surface area contributed by atoms with E-state index in [1.807, 2.05) is 6.92 Å². The maximum atomic E-state index is 13.3. The van der Waals surface area contributed by atoms with Crippen LogP contribution in [0.15, 0.2) is 24.4 Å². The van der Waals surface area contributed by atoms with Crippen LogP contribution in [0.4, 0.5) is 4.39 Å². The van der Waals surface area contributed by atoms with Crippen LogP contribution in [0.5, 0.6) is 0 Å². The van der Waals surface area contributed by atoms with Crippen molar-refractivity contribution in [3.8, 4) is 0 Å². The highest BCUT2D eigenvalue weighted by Gasteiger charge is 2.08. The number of rotatable bonds is 3. The molecule has 2 rings (SSSR count). The molecule has 0 saturated heterocycles. The second-order valence-electron chi connectivity index (χ2n) is 3.99. The Bertz CT molecular complexity index is 580. The van der Waals surface area contributed by atoms with E-state index in [0.717, 1.165) is 9.88 Å². The van der Waals surface area contributed by atoms with Crippen LogP contribution in [0.2, 0.25) is 0 Å². The van der Waals surface area contributed by atoms with Crippen molar-refractivity contribution in [2.45, 2.75) is 20.4 Å². The minimum absolute atomic E-state index is 0.278. The molecule has 18 heavy (non-hydrogen) atoms. The lowest BCUT2D eigenvalue weighted by Crippen LogP contribution is -2.22. The Balaban J connectivity index is 2.01. The lowest BCUT2D eigenvalue weighted by atomic mass is 10.1. The van der Waals surface area contributed by atoms with Gasteiger partial charge in [-0.05, 0) is 31.5 Å². The monoisotopic (exact) mass is 264 g/mol. The number of carbonyl (C=O) groups is 1. The lowest BCUT2D eigenvalue weighted by Gasteiger charge is -2.04. The van der Waals surface area contributed by atoms with Gasteiger partial charge in [0, 0.05) is 16.6 Å². The Labute approximate surface area is 109 Å². The Morgan fingerprint density at radius 2 is 2.22 bits per heavy atom. The van der Waals surface area contributed by atoms with Gasteiger partial charge < -0.3 is 5.32 Å². The van der Waals surface area contributed by atoms with Crippen LogP contribution in [0.25, 0.3) is 0 Å². The van der Waals surface area contributed by atoms with E-state index in [2.05, 4.69) is 10.3 Å². The van der Waals surface area contributed by atoms with Gasteiger partial charge in [0.1, 0.15) is 5.82 Å². The molecule has 0 saturated carbocycles. The van der Waals surface area contributed by atoms with E-state index >= 15 is 0 Å². The van der Waals surface area contributed by atoms with Crippen LogP contribution in [0, 0.1) is 19.7 Å². The third-order valence-electron chi connectivity index (χ3n) is 2.53. The largest absolute Gasteiger partial charge is 0.347 e. The van der Waals surface area contributed by atoms with Gasteiger partial charge in [-0.1, -0.05) is 6.07 Å². The molecular weight excluding hydrogens is 251 g/mol. The summed E-state index contributed by atoms with van der Waals surface area (Å²) in [6.45, 7) is 3.99. The van der Waals surface area contributed by atoms with Crippen LogP contribution in [0.3, 0.4) is 0 Å². The molecule has 1 aromatic heterocycles. The summed E-state index contributed by atoms with van der Waals surface area (Å²) in [4.78, 5) is 16.9. The number of thiazole rings is 1. The first-order valence-electron chi connectivity index (χ1n) is 5.52. The molecule has 5 heteroatoms. The van der Waals surface area contributed by atoms with Gasteiger partial charge in [0.15, 0.2) is 0 Å². The zero-order chi connectivity index (χ0) is 13.1. The van der Waals surface area contributed by atoms with Gasteiger partial charge in [-0.3, -0.25) is 4.79 Å². The van der Waals surface area contributed by atoms with Gasteiger partial charge >= 0.3 is 0 Å². The zero-order valence-electron chi connectivity index (χ0n) is 10.2. The van der Waals surface area contributed by atoms with Crippen LogP contribution in [-0.2, 0) is 6.54 Å². The molecule has 0 aliphatic rings. The standard InChI is InChI=1S/C13H13FN2OS/c1-8-3-4-10(5-12(8)14)13(17)16-7-11-6-15-9(2)18-11/h3-6H,7H2,1-2H3,(H,16,17). The number of hydrogen-bond donors (Lipinski definition) is 1. The van der Waals surface area contributed by atoms with Crippen molar-refractivity contribution < 1.29 is 9.18 Å². The molecule has 0 fully saturated rings. The van der Waals surface area contributed by atoms with E-state index in [0.29, 0.717) is 17.7 Å². The molecule has 1 N–H and O–H groups in total.